The van der Waals surface area contributed by atoms with E-state index in [1.807, 2.05) is 6.92 Å². The number of aliphatic hydroxyl groups is 3. The lowest BCUT2D eigenvalue weighted by Gasteiger charge is -2.24. The van der Waals surface area contributed by atoms with E-state index in [9.17, 15) is 4.79 Å². The van der Waals surface area contributed by atoms with Crippen molar-refractivity contribution in [2.24, 2.45) is 10.8 Å². The maximum atomic E-state index is 10.2. The van der Waals surface area contributed by atoms with E-state index >= 15 is 0 Å². The topological polar surface area (TPSA) is 98.0 Å². The van der Waals surface area contributed by atoms with Crippen molar-refractivity contribution in [1.82, 2.24) is 0 Å². The Labute approximate surface area is 129 Å². The molecule has 21 heavy (non-hydrogen) atoms. The standard InChI is InChI=1S/C10H20O2.C6H14O3/c1-10(2,3)8-6-4-5-7-9(11)12;1-2-6(3-7,4-8)5-9/h4-8H2,1-3H3,(H,11,12);7-9H,2-5H2,1H3. The minimum Gasteiger partial charge on any atom is -0.481 e. The maximum Gasteiger partial charge on any atom is 0.303 e. The molecule has 0 spiro atoms. The fourth-order valence-electron chi connectivity index (χ4n) is 1.59. The van der Waals surface area contributed by atoms with Crippen LogP contribution in [0.25, 0.3) is 0 Å². The summed E-state index contributed by atoms with van der Waals surface area (Å²) in [5.74, 6) is -0.675. The highest BCUT2D eigenvalue weighted by Gasteiger charge is 2.24. The van der Waals surface area contributed by atoms with Crippen LogP contribution in [0.4, 0.5) is 0 Å². The van der Waals surface area contributed by atoms with Crippen molar-refractivity contribution >= 4 is 5.97 Å². The van der Waals surface area contributed by atoms with Gasteiger partial charge < -0.3 is 20.4 Å². The monoisotopic (exact) mass is 306 g/mol. The Morgan fingerprint density at radius 3 is 1.62 bits per heavy atom. The summed E-state index contributed by atoms with van der Waals surface area (Å²) < 4.78 is 0. The summed E-state index contributed by atoms with van der Waals surface area (Å²) in [6.45, 7) is 7.99. The average Bonchev–Trinajstić information content (AvgIpc) is 2.41. The lowest BCUT2D eigenvalue weighted by atomic mass is 9.88. The minimum atomic E-state index is -0.675. The van der Waals surface area contributed by atoms with Gasteiger partial charge in [0.05, 0.1) is 19.8 Å². The number of aliphatic carboxylic acids is 1. The summed E-state index contributed by atoms with van der Waals surface area (Å²) in [6.07, 6.45) is 5.12. The van der Waals surface area contributed by atoms with Crippen molar-refractivity contribution < 1.29 is 25.2 Å². The average molecular weight is 306 g/mol. The number of carbonyl (C=O) groups is 1. The van der Waals surface area contributed by atoms with Crippen LogP contribution in [0, 0.1) is 10.8 Å². The summed E-state index contributed by atoms with van der Waals surface area (Å²) in [6, 6.07) is 0. The van der Waals surface area contributed by atoms with Gasteiger partial charge in [-0.25, -0.2) is 0 Å². The zero-order valence-corrected chi connectivity index (χ0v) is 14.1. The highest BCUT2D eigenvalue weighted by Crippen LogP contribution is 2.22. The molecule has 5 heteroatoms. The second-order valence-electron chi connectivity index (χ2n) is 6.84. The van der Waals surface area contributed by atoms with E-state index < -0.39 is 11.4 Å². The first-order valence-corrected chi connectivity index (χ1v) is 7.70. The normalized spacial score (nSPS) is 11.8. The third-order valence-electron chi connectivity index (χ3n) is 3.57. The number of carboxylic acids is 1. The molecule has 128 valence electrons. The molecule has 0 fully saturated rings. The van der Waals surface area contributed by atoms with Gasteiger partial charge >= 0.3 is 5.97 Å². The molecule has 5 nitrogen and oxygen atoms in total. The highest BCUT2D eigenvalue weighted by atomic mass is 16.4. The number of aliphatic hydroxyl groups excluding tert-OH is 3. The Bertz CT molecular complexity index is 236. The van der Waals surface area contributed by atoms with Crippen molar-refractivity contribution in [2.45, 2.75) is 66.2 Å². The first kappa shape index (κ1) is 22.6. The number of rotatable bonds is 9. The van der Waals surface area contributed by atoms with Gasteiger partial charge in [-0.3, -0.25) is 4.79 Å². The van der Waals surface area contributed by atoms with Crippen molar-refractivity contribution in [3.63, 3.8) is 0 Å². The van der Waals surface area contributed by atoms with Crippen molar-refractivity contribution in [1.29, 1.82) is 0 Å². The molecule has 0 saturated carbocycles. The van der Waals surface area contributed by atoms with Crippen molar-refractivity contribution in [3.8, 4) is 0 Å². The Kier molecular flexibility index (Phi) is 12.9. The summed E-state index contributed by atoms with van der Waals surface area (Å²) in [4.78, 5) is 10.2. The van der Waals surface area contributed by atoms with Crippen LogP contribution >= 0.6 is 0 Å². The van der Waals surface area contributed by atoms with Crippen LogP contribution in [0.2, 0.25) is 0 Å². The Hall–Kier alpha value is -0.650. The molecule has 0 saturated heterocycles. The zero-order chi connectivity index (χ0) is 16.9. The van der Waals surface area contributed by atoms with Crippen molar-refractivity contribution in [2.75, 3.05) is 19.8 Å². The van der Waals surface area contributed by atoms with Crippen molar-refractivity contribution in [3.05, 3.63) is 0 Å². The number of hydrogen-bond acceptors (Lipinski definition) is 4. The molecular weight excluding hydrogens is 272 g/mol. The highest BCUT2D eigenvalue weighted by molar-refractivity contribution is 5.66. The van der Waals surface area contributed by atoms with E-state index in [4.69, 9.17) is 20.4 Å². The summed E-state index contributed by atoms with van der Waals surface area (Å²) in [5, 5.41) is 34.3. The molecular formula is C16H34O5. The second kappa shape index (κ2) is 12.0. The fraction of sp³-hybridized carbons (Fsp3) is 0.938. The fourth-order valence-corrected chi connectivity index (χ4v) is 1.59. The molecule has 0 radical (unpaired) electrons. The molecule has 0 amide bonds. The molecule has 0 heterocycles. The van der Waals surface area contributed by atoms with Crippen LogP contribution in [0.1, 0.15) is 66.2 Å². The van der Waals surface area contributed by atoms with Gasteiger partial charge in [0.1, 0.15) is 0 Å². The number of hydrogen-bond donors (Lipinski definition) is 4. The molecule has 0 rings (SSSR count). The third kappa shape index (κ3) is 14.1. The molecule has 0 aromatic carbocycles. The van der Waals surface area contributed by atoms with Crippen LogP contribution < -0.4 is 0 Å². The SMILES string of the molecule is CC(C)(C)CCCCCC(=O)O.CCC(CO)(CO)CO. The predicted octanol–water partition coefficient (Wildman–Crippen LogP) is 2.43. The lowest BCUT2D eigenvalue weighted by molar-refractivity contribution is -0.137. The van der Waals surface area contributed by atoms with E-state index in [0.717, 1.165) is 19.3 Å². The molecule has 0 aromatic rings. The third-order valence-corrected chi connectivity index (χ3v) is 3.57. The molecule has 0 unspecified atom stereocenters. The molecule has 0 bridgehead atoms. The van der Waals surface area contributed by atoms with Gasteiger partial charge in [0, 0.05) is 11.8 Å². The van der Waals surface area contributed by atoms with Crippen LogP contribution in [0.5, 0.6) is 0 Å². The van der Waals surface area contributed by atoms with E-state index in [-0.39, 0.29) is 19.8 Å². The smallest absolute Gasteiger partial charge is 0.303 e. The Morgan fingerprint density at radius 2 is 1.38 bits per heavy atom. The first-order valence-electron chi connectivity index (χ1n) is 7.70. The van der Waals surface area contributed by atoms with Gasteiger partial charge in [0.2, 0.25) is 0 Å². The molecule has 0 aromatic heterocycles. The van der Waals surface area contributed by atoms with Gasteiger partial charge in [0.25, 0.3) is 0 Å². The van der Waals surface area contributed by atoms with E-state index in [2.05, 4.69) is 20.8 Å². The molecule has 0 aliphatic carbocycles. The first-order chi connectivity index (χ1) is 9.66. The number of unbranched alkanes of at least 4 members (excludes halogenated alkanes) is 2. The van der Waals surface area contributed by atoms with Gasteiger partial charge in [-0.2, -0.15) is 0 Å². The van der Waals surface area contributed by atoms with Crippen LogP contribution in [0.15, 0.2) is 0 Å². The van der Waals surface area contributed by atoms with Gasteiger partial charge in [0.15, 0.2) is 0 Å². The van der Waals surface area contributed by atoms with Gasteiger partial charge in [-0.1, -0.05) is 40.5 Å². The quantitative estimate of drug-likeness (QED) is 0.490. The van der Waals surface area contributed by atoms with Gasteiger partial charge in [-0.15, -0.1) is 0 Å². The molecule has 0 atom stereocenters. The molecule has 0 aliphatic heterocycles. The molecule has 0 aliphatic rings. The lowest BCUT2D eigenvalue weighted by Crippen LogP contribution is -2.32. The number of carboxylic acid groups (broad SMARTS) is 1. The summed E-state index contributed by atoms with van der Waals surface area (Å²) in [7, 11) is 0. The maximum absolute atomic E-state index is 10.2. The van der Waals surface area contributed by atoms with E-state index in [1.165, 1.54) is 6.42 Å². The largest absolute Gasteiger partial charge is 0.481 e. The van der Waals surface area contributed by atoms with E-state index in [1.54, 1.807) is 0 Å². The van der Waals surface area contributed by atoms with Gasteiger partial charge in [-0.05, 0) is 24.7 Å². The summed E-state index contributed by atoms with van der Waals surface area (Å²) >= 11 is 0. The van der Waals surface area contributed by atoms with Crippen LogP contribution in [-0.4, -0.2) is 46.2 Å². The predicted molar refractivity (Wildman–Crippen MR) is 84.2 cm³/mol. The summed E-state index contributed by atoms with van der Waals surface area (Å²) in [5.41, 5.74) is -0.275. The van der Waals surface area contributed by atoms with Crippen LogP contribution in [-0.2, 0) is 4.79 Å². The Morgan fingerprint density at radius 1 is 0.905 bits per heavy atom. The van der Waals surface area contributed by atoms with E-state index in [0.29, 0.717) is 18.3 Å². The second-order valence-corrected chi connectivity index (χ2v) is 6.84. The Balaban J connectivity index is 0. The zero-order valence-electron chi connectivity index (χ0n) is 14.1. The van der Waals surface area contributed by atoms with Crippen LogP contribution in [0.3, 0.4) is 0 Å². The minimum absolute atomic E-state index is 0.156. The molecule has 4 N–H and O–H groups in total.